The highest BCUT2D eigenvalue weighted by Crippen LogP contribution is 2.36. The van der Waals surface area contributed by atoms with Gasteiger partial charge in [-0.25, -0.2) is 0 Å². The number of nitrogens with one attached hydrogen (secondary N) is 1. The van der Waals surface area contributed by atoms with Crippen LogP contribution in [0.4, 0.5) is 0 Å². The average Bonchev–Trinajstić information content (AvgIpc) is 2.51. The minimum absolute atomic E-state index is 0.366. The molecule has 2 nitrogen and oxygen atoms in total. The minimum Gasteiger partial charge on any atom is -0.496 e. The van der Waals surface area contributed by atoms with Gasteiger partial charge in [0.05, 0.1) is 7.11 Å². The van der Waals surface area contributed by atoms with E-state index in [1.165, 1.54) is 16.3 Å². The van der Waals surface area contributed by atoms with Gasteiger partial charge in [0.1, 0.15) is 5.75 Å². The number of ether oxygens (including phenoxy) is 1. The topological polar surface area (TPSA) is 21.3 Å². The third kappa shape index (κ3) is 3.21. The highest BCUT2D eigenvalue weighted by Gasteiger charge is 2.23. The molecule has 2 atom stereocenters. The molecule has 0 fully saturated rings. The maximum atomic E-state index is 5.51. The molecule has 114 valence electrons. The maximum absolute atomic E-state index is 5.51. The first-order valence-electron chi connectivity index (χ1n) is 7.89. The zero-order chi connectivity index (χ0) is 15.4. The second kappa shape index (κ2) is 6.95. The van der Waals surface area contributed by atoms with E-state index < -0.39 is 0 Å². The molecule has 0 bridgehead atoms. The van der Waals surface area contributed by atoms with Gasteiger partial charge in [-0.1, -0.05) is 58.0 Å². The third-order valence-corrected chi connectivity index (χ3v) is 4.47. The molecule has 1 N–H and O–H groups in total. The van der Waals surface area contributed by atoms with Crippen LogP contribution in [0.1, 0.15) is 39.3 Å². The number of hydrogen-bond acceptors (Lipinski definition) is 2. The van der Waals surface area contributed by atoms with E-state index in [1.807, 2.05) is 0 Å². The smallest absolute Gasteiger partial charge is 0.126 e. The van der Waals surface area contributed by atoms with Crippen LogP contribution in [0.5, 0.6) is 5.75 Å². The Morgan fingerprint density at radius 1 is 1.00 bits per heavy atom. The number of fused-ring (bicyclic) bond motifs is 1. The number of benzene rings is 2. The van der Waals surface area contributed by atoms with Crippen LogP contribution in [0, 0.1) is 11.8 Å². The van der Waals surface area contributed by atoms with Gasteiger partial charge in [-0.05, 0) is 35.4 Å². The molecular weight excluding hydrogens is 258 g/mol. The van der Waals surface area contributed by atoms with Crippen molar-refractivity contribution in [2.75, 3.05) is 13.7 Å². The summed E-state index contributed by atoms with van der Waals surface area (Å²) in [7, 11) is 1.74. The van der Waals surface area contributed by atoms with Gasteiger partial charge in [-0.2, -0.15) is 0 Å². The summed E-state index contributed by atoms with van der Waals surface area (Å²) in [6.45, 7) is 10.1. The molecule has 2 unspecified atom stereocenters. The second-order valence-corrected chi connectivity index (χ2v) is 6.04. The number of hydrogen-bond donors (Lipinski definition) is 1. The molecule has 0 heterocycles. The summed E-state index contributed by atoms with van der Waals surface area (Å²) in [6, 6.07) is 13.2. The molecule has 0 aliphatic rings. The van der Waals surface area contributed by atoms with Crippen molar-refractivity contribution in [1.82, 2.24) is 5.32 Å². The molecule has 2 aromatic rings. The molecule has 0 saturated carbocycles. The molecule has 2 aromatic carbocycles. The summed E-state index contributed by atoms with van der Waals surface area (Å²) in [5.41, 5.74) is 1.37. The molecule has 0 amide bonds. The van der Waals surface area contributed by atoms with E-state index >= 15 is 0 Å². The summed E-state index contributed by atoms with van der Waals surface area (Å²) in [5, 5.41) is 6.15. The Kier molecular flexibility index (Phi) is 5.24. The zero-order valence-electron chi connectivity index (χ0n) is 13.8. The van der Waals surface area contributed by atoms with Crippen molar-refractivity contribution in [2.45, 2.75) is 33.7 Å². The fourth-order valence-electron chi connectivity index (χ4n) is 2.93. The first kappa shape index (κ1) is 15.8. The van der Waals surface area contributed by atoms with Gasteiger partial charge in [0.2, 0.25) is 0 Å². The predicted octanol–water partition coefficient (Wildman–Crippen LogP) is 4.79. The summed E-state index contributed by atoms with van der Waals surface area (Å²) in [6.07, 6.45) is 0. The van der Waals surface area contributed by atoms with E-state index in [2.05, 4.69) is 69.4 Å². The largest absolute Gasteiger partial charge is 0.496 e. The van der Waals surface area contributed by atoms with E-state index in [9.17, 15) is 0 Å². The molecule has 0 spiro atoms. The quantitative estimate of drug-likeness (QED) is 0.824. The fourth-order valence-corrected chi connectivity index (χ4v) is 2.93. The number of rotatable bonds is 6. The van der Waals surface area contributed by atoms with Gasteiger partial charge in [-0.15, -0.1) is 0 Å². The Balaban J connectivity index is 2.58. The lowest BCUT2D eigenvalue weighted by atomic mass is 9.84. The monoisotopic (exact) mass is 285 g/mol. The lowest BCUT2D eigenvalue weighted by molar-refractivity contribution is 0.308. The van der Waals surface area contributed by atoms with Crippen molar-refractivity contribution in [3.05, 3.63) is 42.0 Å². The minimum atomic E-state index is 0.366. The maximum Gasteiger partial charge on any atom is 0.126 e. The van der Waals surface area contributed by atoms with Crippen molar-refractivity contribution < 1.29 is 4.74 Å². The third-order valence-electron chi connectivity index (χ3n) is 4.47. The number of methoxy groups -OCH3 is 1. The molecule has 0 saturated heterocycles. The Morgan fingerprint density at radius 2 is 1.67 bits per heavy atom. The SMILES string of the molecule is CCNC(c1ccc(OC)c2ccccc12)C(C)C(C)C. The van der Waals surface area contributed by atoms with Crippen LogP contribution in [-0.2, 0) is 0 Å². The zero-order valence-corrected chi connectivity index (χ0v) is 13.8. The molecule has 21 heavy (non-hydrogen) atoms. The van der Waals surface area contributed by atoms with E-state index in [-0.39, 0.29) is 0 Å². The Labute approximate surface area is 128 Å². The van der Waals surface area contributed by atoms with Crippen molar-refractivity contribution in [1.29, 1.82) is 0 Å². The summed E-state index contributed by atoms with van der Waals surface area (Å²) in [5.74, 6) is 2.15. The summed E-state index contributed by atoms with van der Waals surface area (Å²) in [4.78, 5) is 0. The van der Waals surface area contributed by atoms with Crippen molar-refractivity contribution in [2.24, 2.45) is 11.8 Å². The van der Waals surface area contributed by atoms with Crippen LogP contribution < -0.4 is 10.1 Å². The molecule has 0 aliphatic heterocycles. The van der Waals surface area contributed by atoms with E-state index in [0.29, 0.717) is 17.9 Å². The van der Waals surface area contributed by atoms with Crippen LogP contribution >= 0.6 is 0 Å². The summed E-state index contributed by atoms with van der Waals surface area (Å²) >= 11 is 0. The summed E-state index contributed by atoms with van der Waals surface area (Å²) < 4.78 is 5.51. The Hall–Kier alpha value is -1.54. The van der Waals surface area contributed by atoms with Gasteiger partial charge >= 0.3 is 0 Å². The van der Waals surface area contributed by atoms with Gasteiger partial charge in [0, 0.05) is 11.4 Å². The van der Waals surface area contributed by atoms with E-state index in [0.717, 1.165) is 12.3 Å². The molecular formula is C19H27NO. The van der Waals surface area contributed by atoms with Crippen LogP contribution in [0.3, 0.4) is 0 Å². The molecule has 0 aliphatic carbocycles. The van der Waals surface area contributed by atoms with Gasteiger partial charge in [-0.3, -0.25) is 0 Å². The molecule has 0 radical (unpaired) electrons. The first-order valence-corrected chi connectivity index (χ1v) is 7.89. The van der Waals surface area contributed by atoms with Crippen LogP contribution in [-0.4, -0.2) is 13.7 Å². The molecule has 0 aromatic heterocycles. The molecule has 2 rings (SSSR count). The first-order chi connectivity index (χ1) is 10.1. The Morgan fingerprint density at radius 3 is 2.24 bits per heavy atom. The van der Waals surface area contributed by atoms with Crippen LogP contribution in [0.2, 0.25) is 0 Å². The van der Waals surface area contributed by atoms with Crippen LogP contribution in [0.25, 0.3) is 10.8 Å². The normalized spacial score (nSPS) is 14.4. The average molecular weight is 285 g/mol. The fraction of sp³-hybridized carbons (Fsp3) is 0.474. The lowest BCUT2D eigenvalue weighted by Crippen LogP contribution is -2.29. The second-order valence-electron chi connectivity index (χ2n) is 6.04. The predicted molar refractivity (Wildman–Crippen MR) is 90.9 cm³/mol. The highest BCUT2D eigenvalue weighted by molar-refractivity contribution is 5.91. The van der Waals surface area contributed by atoms with Crippen molar-refractivity contribution >= 4 is 10.8 Å². The van der Waals surface area contributed by atoms with Gasteiger partial charge in [0.15, 0.2) is 0 Å². The molecule has 2 heteroatoms. The Bertz CT molecular complexity index is 591. The lowest BCUT2D eigenvalue weighted by Gasteiger charge is -2.29. The van der Waals surface area contributed by atoms with E-state index in [1.54, 1.807) is 7.11 Å². The van der Waals surface area contributed by atoms with Gasteiger partial charge in [0.25, 0.3) is 0 Å². The van der Waals surface area contributed by atoms with Crippen LogP contribution in [0.15, 0.2) is 36.4 Å². The highest BCUT2D eigenvalue weighted by atomic mass is 16.5. The van der Waals surface area contributed by atoms with E-state index in [4.69, 9.17) is 4.74 Å². The van der Waals surface area contributed by atoms with Gasteiger partial charge < -0.3 is 10.1 Å². The van der Waals surface area contributed by atoms with Crippen molar-refractivity contribution in [3.8, 4) is 5.75 Å². The van der Waals surface area contributed by atoms with Crippen molar-refractivity contribution in [3.63, 3.8) is 0 Å². The standard InChI is InChI=1S/C19H27NO/c1-6-20-19(14(4)13(2)3)17-11-12-18(21-5)16-10-8-7-9-15(16)17/h7-14,19-20H,6H2,1-5H3.